The number of rotatable bonds is 4. The maximum atomic E-state index is 4.47. The molecule has 0 radical (unpaired) electrons. The Bertz CT molecular complexity index is 4390. The first-order chi connectivity index (χ1) is 38.3. The second kappa shape index (κ2) is 17.6. The standard InChI is InChI=1S/C44H32N2.C31H25N/c1-30-27-28-32(29-46(31-15-4-3-5-16-31)41-25-13-9-17-33(30)41)45(2)42-26-14-24-40-43(42)36-20-8-12-23-39(36)44(40)37-21-10-6-18-34(37)35-19-7-11-22-38(35)44;1-31(2)27-13-7-5-11-23(27)24-16-15-22(19-28(24)31)32-29-14-8-6-12-25(29)26-17-20-9-3-4-10-21(20)18-30(26)32/h3-29H,1H2,2H3;3-18,22H,19H2,1-2H3/b28-27-,32-29+;. The van der Waals surface area contributed by atoms with E-state index in [0.717, 1.165) is 34.6 Å². The number of nitrogens with zero attached hydrogens (tertiary/aromatic N) is 3. The largest absolute Gasteiger partial charge is 0.343 e. The maximum absolute atomic E-state index is 4.47. The zero-order chi connectivity index (χ0) is 52.3. The molecule has 3 nitrogen and oxygen atoms in total. The Kier molecular flexibility index (Phi) is 10.3. The topological polar surface area (TPSA) is 11.4 Å². The van der Waals surface area contributed by atoms with Crippen LogP contribution in [0.15, 0.2) is 279 Å². The first-order valence-electron chi connectivity index (χ1n) is 27.4. The van der Waals surface area contributed by atoms with Gasteiger partial charge in [-0.15, -0.1) is 0 Å². The molecule has 11 aromatic rings. The third-order valence-electron chi connectivity index (χ3n) is 17.8. The number of hydrogen-bond acceptors (Lipinski definition) is 2. The smallest absolute Gasteiger partial charge is 0.0726 e. The maximum Gasteiger partial charge on any atom is 0.0726 e. The number of aromatic nitrogens is 1. The molecule has 3 heteroatoms. The SMILES string of the molecule is C=C1/C=C\C(N(C)c2cccc3c2-c2ccccc2C32c3ccccc3-c3ccccc32)=C/N(c2ccccc2)c2ccccc21.CC1(C)C2=C(C=CC(n3c4ccccc4c4cc5ccccc5cc43)C2)c2ccccc21. The lowest BCUT2D eigenvalue weighted by molar-refractivity contribution is 0.544. The summed E-state index contributed by atoms with van der Waals surface area (Å²) in [6.45, 7) is 9.26. The predicted molar refractivity (Wildman–Crippen MR) is 329 cm³/mol. The fraction of sp³-hybridized carbons (Fsp3) is 0.0933. The molecular weight excluding hydrogens is 943 g/mol. The third-order valence-corrected chi connectivity index (χ3v) is 17.8. The molecule has 1 aliphatic heterocycles. The molecule has 0 bridgehead atoms. The van der Waals surface area contributed by atoms with Crippen LogP contribution >= 0.6 is 0 Å². The number of hydrogen-bond donors (Lipinski definition) is 0. The molecule has 2 heterocycles. The van der Waals surface area contributed by atoms with Gasteiger partial charge in [0.15, 0.2) is 0 Å². The molecule has 1 spiro atoms. The van der Waals surface area contributed by atoms with Crippen molar-refractivity contribution in [2.45, 2.75) is 37.1 Å². The van der Waals surface area contributed by atoms with Gasteiger partial charge in [-0.1, -0.05) is 227 Å². The molecule has 16 rings (SSSR count). The Morgan fingerprint density at radius 3 is 1.81 bits per heavy atom. The number of benzene rings is 10. The summed E-state index contributed by atoms with van der Waals surface area (Å²) < 4.78 is 2.58. The van der Waals surface area contributed by atoms with Crippen molar-refractivity contribution in [2.75, 3.05) is 16.8 Å². The Balaban J connectivity index is 0.000000145. The van der Waals surface area contributed by atoms with Crippen molar-refractivity contribution in [2.24, 2.45) is 0 Å². The van der Waals surface area contributed by atoms with E-state index in [4.69, 9.17) is 0 Å². The van der Waals surface area contributed by atoms with E-state index in [9.17, 15) is 0 Å². The highest BCUT2D eigenvalue weighted by Crippen LogP contribution is 2.64. The molecule has 0 amide bonds. The van der Waals surface area contributed by atoms with E-state index in [0.29, 0.717) is 6.04 Å². The first kappa shape index (κ1) is 45.9. The number of anilines is 3. The number of fused-ring (bicyclic) bond motifs is 17. The number of likely N-dealkylation sites (N-methyl/N-ethyl adjacent to an activating group) is 1. The van der Waals surface area contributed by atoms with Crippen molar-refractivity contribution >= 4 is 60.8 Å². The van der Waals surface area contributed by atoms with Gasteiger partial charge in [0.1, 0.15) is 0 Å². The zero-order valence-electron chi connectivity index (χ0n) is 44.2. The predicted octanol–water partition coefficient (Wildman–Crippen LogP) is 18.9. The number of para-hydroxylation sites is 3. The highest BCUT2D eigenvalue weighted by Gasteiger charge is 2.52. The van der Waals surface area contributed by atoms with Crippen LogP contribution in [0.2, 0.25) is 0 Å². The molecule has 10 aromatic carbocycles. The molecule has 5 aliphatic rings. The van der Waals surface area contributed by atoms with E-state index < -0.39 is 0 Å². The molecule has 0 saturated carbocycles. The molecule has 0 saturated heterocycles. The molecule has 1 atom stereocenters. The van der Waals surface area contributed by atoms with Gasteiger partial charge in [-0.05, 0) is 133 Å². The molecule has 372 valence electrons. The summed E-state index contributed by atoms with van der Waals surface area (Å²) in [6.07, 6.45) is 12.5. The minimum absolute atomic E-state index is 0.0698. The van der Waals surface area contributed by atoms with Crippen LogP contribution < -0.4 is 9.80 Å². The monoisotopic (exact) mass is 999 g/mol. The lowest BCUT2D eigenvalue weighted by Gasteiger charge is -2.32. The lowest BCUT2D eigenvalue weighted by Crippen LogP contribution is -2.26. The van der Waals surface area contributed by atoms with E-state index in [1.54, 1.807) is 5.57 Å². The van der Waals surface area contributed by atoms with Gasteiger partial charge in [0.25, 0.3) is 0 Å². The quantitative estimate of drug-likeness (QED) is 0.174. The Morgan fingerprint density at radius 2 is 1.06 bits per heavy atom. The van der Waals surface area contributed by atoms with Crippen LogP contribution in [0, 0.1) is 0 Å². The summed E-state index contributed by atoms with van der Waals surface area (Å²) in [6, 6.07) is 84.5. The minimum Gasteiger partial charge on any atom is -0.343 e. The van der Waals surface area contributed by atoms with Crippen LogP contribution in [0.1, 0.15) is 65.3 Å². The average Bonchev–Trinajstić information content (AvgIpc) is 2.80. The van der Waals surface area contributed by atoms with Crippen molar-refractivity contribution in [3.63, 3.8) is 0 Å². The Hall–Kier alpha value is -9.44. The number of allylic oxidation sites excluding steroid dienone is 7. The average molecular weight is 1000 g/mol. The molecular formula is C75H57N3. The van der Waals surface area contributed by atoms with Crippen molar-refractivity contribution in [1.82, 2.24) is 4.57 Å². The Labute approximate surface area is 457 Å². The van der Waals surface area contributed by atoms with Crippen LogP contribution in [0.4, 0.5) is 17.1 Å². The fourth-order valence-corrected chi connectivity index (χ4v) is 14.2. The zero-order valence-corrected chi connectivity index (χ0v) is 44.2. The summed E-state index contributed by atoms with van der Waals surface area (Å²) in [5.74, 6) is 0. The van der Waals surface area contributed by atoms with Crippen molar-refractivity contribution in [3.8, 4) is 22.3 Å². The van der Waals surface area contributed by atoms with Gasteiger partial charge in [-0.3, -0.25) is 0 Å². The van der Waals surface area contributed by atoms with E-state index in [1.807, 2.05) is 0 Å². The molecule has 4 aliphatic carbocycles. The van der Waals surface area contributed by atoms with Crippen LogP contribution in [-0.4, -0.2) is 11.6 Å². The second-order valence-corrected chi connectivity index (χ2v) is 22.1. The summed E-state index contributed by atoms with van der Waals surface area (Å²) in [5, 5.41) is 5.30. The van der Waals surface area contributed by atoms with Crippen LogP contribution in [0.3, 0.4) is 0 Å². The summed E-state index contributed by atoms with van der Waals surface area (Å²) in [7, 11) is 2.19. The highest BCUT2D eigenvalue weighted by molar-refractivity contribution is 6.13. The summed E-state index contributed by atoms with van der Waals surface area (Å²) in [5.41, 5.74) is 25.4. The van der Waals surface area contributed by atoms with Crippen molar-refractivity contribution < 1.29 is 0 Å². The van der Waals surface area contributed by atoms with Gasteiger partial charge in [-0.2, -0.15) is 0 Å². The van der Waals surface area contributed by atoms with Gasteiger partial charge in [0.05, 0.1) is 28.4 Å². The van der Waals surface area contributed by atoms with Gasteiger partial charge in [0.2, 0.25) is 0 Å². The summed E-state index contributed by atoms with van der Waals surface area (Å²) >= 11 is 0. The Morgan fingerprint density at radius 1 is 0.487 bits per heavy atom. The highest BCUT2D eigenvalue weighted by atomic mass is 15.2. The van der Waals surface area contributed by atoms with Gasteiger partial charge in [0, 0.05) is 57.5 Å². The third kappa shape index (κ3) is 6.64. The van der Waals surface area contributed by atoms with Crippen molar-refractivity contribution in [1.29, 1.82) is 0 Å². The minimum atomic E-state index is -0.371. The van der Waals surface area contributed by atoms with Gasteiger partial charge in [-0.25, -0.2) is 0 Å². The van der Waals surface area contributed by atoms with E-state index >= 15 is 0 Å². The normalized spacial score (nSPS) is 17.7. The molecule has 0 fully saturated rings. The lowest BCUT2D eigenvalue weighted by atomic mass is 9.70. The van der Waals surface area contributed by atoms with Crippen LogP contribution in [0.5, 0.6) is 0 Å². The fourth-order valence-electron chi connectivity index (χ4n) is 14.2. The molecule has 0 N–H and O–H groups in total. The molecule has 1 unspecified atom stereocenters. The summed E-state index contributed by atoms with van der Waals surface area (Å²) in [4.78, 5) is 4.63. The van der Waals surface area contributed by atoms with E-state index in [-0.39, 0.29) is 10.8 Å². The van der Waals surface area contributed by atoms with Crippen LogP contribution in [0.25, 0.3) is 66.0 Å². The van der Waals surface area contributed by atoms with E-state index in [1.165, 1.54) is 99.5 Å². The second-order valence-electron chi connectivity index (χ2n) is 22.1. The van der Waals surface area contributed by atoms with Crippen molar-refractivity contribution in [3.05, 3.63) is 318 Å². The van der Waals surface area contributed by atoms with E-state index in [2.05, 4.69) is 303 Å². The molecule has 78 heavy (non-hydrogen) atoms. The first-order valence-corrected chi connectivity index (χ1v) is 27.4. The van der Waals surface area contributed by atoms with Gasteiger partial charge >= 0.3 is 0 Å². The van der Waals surface area contributed by atoms with Crippen LogP contribution in [-0.2, 0) is 10.8 Å². The van der Waals surface area contributed by atoms with Gasteiger partial charge < -0.3 is 14.4 Å². The molecule has 1 aromatic heterocycles.